The topological polar surface area (TPSA) is 78.6 Å². The van der Waals surface area contributed by atoms with Crippen LogP contribution >= 0.6 is 0 Å². The van der Waals surface area contributed by atoms with Crippen LogP contribution < -0.4 is 15.2 Å². The lowest BCUT2D eigenvalue weighted by Crippen LogP contribution is -2.15. The fourth-order valence-corrected chi connectivity index (χ4v) is 2.38. The fraction of sp³-hybridized carbons (Fsp3) is 0.538. The second kappa shape index (κ2) is 6.77. The maximum atomic E-state index is 11.1. The number of benzene rings is 1. The third-order valence-electron chi connectivity index (χ3n) is 2.72. The van der Waals surface area contributed by atoms with Crippen molar-refractivity contribution in [3.05, 3.63) is 23.8 Å². The van der Waals surface area contributed by atoms with Gasteiger partial charge >= 0.3 is 0 Å². The van der Waals surface area contributed by atoms with E-state index in [1.807, 2.05) is 13.0 Å². The van der Waals surface area contributed by atoms with Crippen LogP contribution in [0.25, 0.3) is 0 Å². The smallest absolute Gasteiger partial charge is 0.161 e. The summed E-state index contributed by atoms with van der Waals surface area (Å²) < 4.78 is 32.9. The largest absolute Gasteiger partial charge is 0.493 e. The molecule has 0 heterocycles. The maximum absolute atomic E-state index is 11.1. The normalized spacial score (nSPS) is 13.1. The van der Waals surface area contributed by atoms with Gasteiger partial charge in [0.05, 0.1) is 19.5 Å². The number of ether oxygens (including phenoxy) is 2. The van der Waals surface area contributed by atoms with E-state index in [2.05, 4.69) is 0 Å². The monoisotopic (exact) mass is 287 g/mol. The van der Waals surface area contributed by atoms with E-state index in [0.29, 0.717) is 24.5 Å². The Balaban J connectivity index is 2.85. The molecule has 0 radical (unpaired) electrons. The van der Waals surface area contributed by atoms with Gasteiger partial charge in [0.2, 0.25) is 0 Å². The molecular weight excluding hydrogens is 266 g/mol. The molecule has 1 rings (SSSR count). The fourth-order valence-electron chi connectivity index (χ4n) is 1.70. The molecule has 0 amide bonds. The Morgan fingerprint density at radius 1 is 1.32 bits per heavy atom. The molecule has 0 saturated heterocycles. The van der Waals surface area contributed by atoms with Gasteiger partial charge in [0.25, 0.3) is 0 Å². The van der Waals surface area contributed by atoms with Crippen molar-refractivity contribution in [3.8, 4) is 11.5 Å². The maximum Gasteiger partial charge on any atom is 0.161 e. The number of rotatable bonds is 7. The molecule has 2 N–H and O–H groups in total. The molecule has 1 atom stereocenters. The minimum atomic E-state index is -3.00. The second-order valence-electron chi connectivity index (χ2n) is 4.37. The summed E-state index contributed by atoms with van der Waals surface area (Å²) in [5.41, 5.74) is 6.84. The van der Waals surface area contributed by atoms with Gasteiger partial charge < -0.3 is 15.2 Å². The van der Waals surface area contributed by atoms with E-state index >= 15 is 0 Å². The predicted octanol–water partition coefficient (Wildman–Crippen LogP) is 1.53. The van der Waals surface area contributed by atoms with E-state index in [1.165, 1.54) is 6.26 Å². The van der Waals surface area contributed by atoms with Crippen molar-refractivity contribution in [2.75, 3.05) is 25.7 Å². The highest BCUT2D eigenvalue weighted by molar-refractivity contribution is 7.90. The highest BCUT2D eigenvalue weighted by Crippen LogP contribution is 2.30. The average Bonchev–Trinajstić information content (AvgIpc) is 2.35. The summed E-state index contributed by atoms with van der Waals surface area (Å²) in [6.45, 7) is 2.41. The van der Waals surface area contributed by atoms with Gasteiger partial charge in [-0.25, -0.2) is 8.42 Å². The first-order valence-electron chi connectivity index (χ1n) is 6.11. The standard InChI is InChI=1S/C13H21NO4S/c1-4-18-13-9-10(5-6-12(13)17-2)11(14)7-8-19(3,15)16/h5-6,9,11H,4,7-8,14H2,1-3H3. The molecule has 1 unspecified atom stereocenters. The Morgan fingerprint density at radius 2 is 2.00 bits per heavy atom. The summed E-state index contributed by atoms with van der Waals surface area (Å²) >= 11 is 0. The number of hydrogen-bond donors (Lipinski definition) is 1. The van der Waals surface area contributed by atoms with E-state index < -0.39 is 9.84 Å². The van der Waals surface area contributed by atoms with Crippen LogP contribution in [0.5, 0.6) is 11.5 Å². The number of sulfone groups is 1. The van der Waals surface area contributed by atoms with Crippen molar-refractivity contribution in [2.24, 2.45) is 5.73 Å². The SMILES string of the molecule is CCOc1cc(C(N)CCS(C)(=O)=O)ccc1OC. The van der Waals surface area contributed by atoms with Gasteiger partial charge in [-0.2, -0.15) is 0 Å². The molecule has 19 heavy (non-hydrogen) atoms. The minimum Gasteiger partial charge on any atom is -0.493 e. The molecule has 0 fully saturated rings. The Morgan fingerprint density at radius 3 is 2.53 bits per heavy atom. The average molecular weight is 287 g/mol. The number of hydrogen-bond acceptors (Lipinski definition) is 5. The van der Waals surface area contributed by atoms with Crippen molar-refractivity contribution in [1.82, 2.24) is 0 Å². The molecule has 5 nitrogen and oxygen atoms in total. The van der Waals surface area contributed by atoms with Crippen LogP contribution in [-0.4, -0.2) is 34.1 Å². The first-order chi connectivity index (χ1) is 8.87. The highest BCUT2D eigenvalue weighted by atomic mass is 32.2. The first-order valence-corrected chi connectivity index (χ1v) is 8.17. The molecule has 108 valence electrons. The Hall–Kier alpha value is -1.27. The van der Waals surface area contributed by atoms with E-state index in [4.69, 9.17) is 15.2 Å². The first kappa shape index (κ1) is 15.8. The zero-order chi connectivity index (χ0) is 14.5. The second-order valence-corrected chi connectivity index (χ2v) is 6.63. The molecule has 0 spiro atoms. The quantitative estimate of drug-likeness (QED) is 0.822. The van der Waals surface area contributed by atoms with E-state index in [0.717, 1.165) is 5.56 Å². The zero-order valence-corrected chi connectivity index (χ0v) is 12.4. The van der Waals surface area contributed by atoms with Crippen molar-refractivity contribution in [3.63, 3.8) is 0 Å². The van der Waals surface area contributed by atoms with Crippen molar-refractivity contribution in [1.29, 1.82) is 0 Å². The third kappa shape index (κ3) is 5.08. The molecule has 0 aromatic heterocycles. The van der Waals surface area contributed by atoms with Gasteiger partial charge in [-0.15, -0.1) is 0 Å². The van der Waals surface area contributed by atoms with Crippen LogP contribution in [0.3, 0.4) is 0 Å². The van der Waals surface area contributed by atoms with Gasteiger partial charge in [-0.1, -0.05) is 6.07 Å². The molecule has 6 heteroatoms. The predicted molar refractivity (Wildman–Crippen MR) is 75.4 cm³/mol. The molecular formula is C13H21NO4S. The van der Waals surface area contributed by atoms with E-state index in [-0.39, 0.29) is 11.8 Å². The lowest BCUT2D eigenvalue weighted by molar-refractivity contribution is 0.310. The molecule has 0 bridgehead atoms. The Labute approximate surface area is 114 Å². The molecule has 1 aromatic rings. The Kier molecular flexibility index (Phi) is 5.62. The number of methoxy groups -OCH3 is 1. The molecule has 0 aliphatic heterocycles. The minimum absolute atomic E-state index is 0.0736. The van der Waals surface area contributed by atoms with E-state index in [1.54, 1.807) is 19.2 Å². The molecule has 0 aliphatic rings. The van der Waals surface area contributed by atoms with Gasteiger partial charge in [0, 0.05) is 12.3 Å². The molecule has 0 aliphatic carbocycles. The summed E-state index contributed by atoms with van der Waals surface area (Å²) in [4.78, 5) is 0. The molecule has 1 aromatic carbocycles. The van der Waals surface area contributed by atoms with Crippen molar-refractivity contribution >= 4 is 9.84 Å². The number of nitrogens with two attached hydrogens (primary N) is 1. The van der Waals surface area contributed by atoms with Crippen molar-refractivity contribution < 1.29 is 17.9 Å². The summed E-state index contributed by atoms with van der Waals surface area (Å²) in [6.07, 6.45) is 1.59. The van der Waals surface area contributed by atoms with Crippen LogP contribution in [0.2, 0.25) is 0 Å². The van der Waals surface area contributed by atoms with Crippen LogP contribution in [0.15, 0.2) is 18.2 Å². The van der Waals surface area contributed by atoms with Crippen LogP contribution in [0.1, 0.15) is 24.9 Å². The summed E-state index contributed by atoms with van der Waals surface area (Å²) in [6, 6.07) is 5.07. The van der Waals surface area contributed by atoms with Crippen LogP contribution in [0, 0.1) is 0 Å². The van der Waals surface area contributed by atoms with Gasteiger partial charge in [0.15, 0.2) is 11.5 Å². The highest BCUT2D eigenvalue weighted by Gasteiger charge is 2.13. The lowest BCUT2D eigenvalue weighted by Gasteiger charge is -2.15. The summed E-state index contributed by atoms with van der Waals surface area (Å²) in [5.74, 6) is 1.34. The van der Waals surface area contributed by atoms with Crippen LogP contribution in [0.4, 0.5) is 0 Å². The lowest BCUT2D eigenvalue weighted by atomic mass is 10.0. The van der Waals surface area contributed by atoms with Crippen molar-refractivity contribution in [2.45, 2.75) is 19.4 Å². The third-order valence-corrected chi connectivity index (χ3v) is 3.69. The summed E-state index contributed by atoms with van der Waals surface area (Å²) in [5, 5.41) is 0. The summed E-state index contributed by atoms with van der Waals surface area (Å²) in [7, 11) is -1.43. The van der Waals surface area contributed by atoms with Crippen LogP contribution in [-0.2, 0) is 9.84 Å². The molecule has 0 saturated carbocycles. The zero-order valence-electron chi connectivity index (χ0n) is 11.5. The van der Waals surface area contributed by atoms with E-state index in [9.17, 15) is 8.42 Å². The van der Waals surface area contributed by atoms with Gasteiger partial charge in [-0.05, 0) is 31.0 Å². The Bertz CT molecular complexity index is 513. The van der Waals surface area contributed by atoms with Gasteiger partial charge in [-0.3, -0.25) is 0 Å². The van der Waals surface area contributed by atoms with Gasteiger partial charge in [0.1, 0.15) is 9.84 Å².